The molecule has 2 N–H and O–H groups in total. The van der Waals surface area contributed by atoms with Gasteiger partial charge in [0, 0.05) is 24.8 Å². The predicted molar refractivity (Wildman–Crippen MR) is 95.2 cm³/mol. The molecule has 0 bridgehead atoms. The second kappa shape index (κ2) is 8.12. The molecule has 1 unspecified atom stereocenters. The van der Waals surface area contributed by atoms with Crippen molar-refractivity contribution in [3.63, 3.8) is 0 Å². The monoisotopic (exact) mass is 353 g/mol. The van der Waals surface area contributed by atoms with Crippen LogP contribution in [0.15, 0.2) is 23.1 Å². The lowest BCUT2D eigenvalue weighted by atomic mass is 10.0. The average molecular weight is 354 g/mol. The van der Waals surface area contributed by atoms with Crippen LogP contribution in [0.2, 0.25) is 0 Å². The third-order valence-electron chi connectivity index (χ3n) is 4.92. The van der Waals surface area contributed by atoms with Crippen molar-refractivity contribution in [2.45, 2.75) is 50.5 Å². The number of carbonyl (C=O) groups is 1. The first-order chi connectivity index (χ1) is 11.3. The maximum absolute atomic E-state index is 12.3. The van der Waals surface area contributed by atoms with Gasteiger partial charge in [-0.25, -0.2) is 8.42 Å². The van der Waals surface area contributed by atoms with Gasteiger partial charge in [0.25, 0.3) is 5.91 Å². The summed E-state index contributed by atoms with van der Waals surface area (Å²) in [5.41, 5.74) is 1.23. The second-order valence-electron chi connectivity index (χ2n) is 6.91. The first kappa shape index (κ1) is 18.9. The summed E-state index contributed by atoms with van der Waals surface area (Å²) in [7, 11) is -3.30. The van der Waals surface area contributed by atoms with Crippen LogP contribution in [0.1, 0.15) is 48.5 Å². The number of aryl methyl sites for hydroxylation is 1. The normalized spacial score (nSPS) is 21.5. The highest BCUT2D eigenvalue weighted by atomic mass is 32.2. The number of benzene rings is 1. The lowest BCUT2D eigenvalue weighted by Crippen LogP contribution is -3.16. The Morgan fingerprint density at radius 3 is 2.75 bits per heavy atom. The topological polar surface area (TPSA) is 67.7 Å². The van der Waals surface area contributed by atoms with E-state index in [2.05, 4.69) is 12.2 Å². The van der Waals surface area contributed by atoms with E-state index in [0.717, 1.165) is 24.8 Å². The molecule has 0 aliphatic carbocycles. The minimum absolute atomic E-state index is 0.185. The Bertz CT molecular complexity index is 686. The smallest absolute Gasteiger partial charge is 0.251 e. The van der Waals surface area contributed by atoms with E-state index in [4.69, 9.17) is 0 Å². The number of carbonyl (C=O) groups excluding carboxylic acids is 1. The first-order valence-electron chi connectivity index (χ1n) is 8.72. The zero-order valence-corrected chi connectivity index (χ0v) is 15.7. The van der Waals surface area contributed by atoms with Gasteiger partial charge in [-0.15, -0.1) is 0 Å². The van der Waals surface area contributed by atoms with Crippen molar-refractivity contribution in [2.24, 2.45) is 0 Å². The van der Waals surface area contributed by atoms with E-state index in [0.29, 0.717) is 18.2 Å². The second-order valence-corrected chi connectivity index (χ2v) is 8.93. The highest BCUT2D eigenvalue weighted by Gasteiger charge is 2.21. The van der Waals surface area contributed by atoms with Crippen molar-refractivity contribution >= 4 is 15.7 Å². The fraction of sp³-hybridized carbons (Fsp3) is 0.611. The van der Waals surface area contributed by atoms with Crippen LogP contribution in [0.25, 0.3) is 0 Å². The molecule has 1 saturated heterocycles. The minimum Gasteiger partial charge on any atom is -0.352 e. The molecule has 0 aromatic heterocycles. The van der Waals surface area contributed by atoms with Gasteiger partial charge in [0.1, 0.15) is 0 Å². The Morgan fingerprint density at radius 2 is 2.08 bits per heavy atom. The van der Waals surface area contributed by atoms with Crippen LogP contribution in [-0.2, 0) is 9.84 Å². The fourth-order valence-corrected chi connectivity index (χ4v) is 3.96. The number of hydrogen-bond acceptors (Lipinski definition) is 3. The first-order valence-corrected chi connectivity index (χ1v) is 10.6. The van der Waals surface area contributed by atoms with Gasteiger partial charge in [-0.2, -0.15) is 0 Å². The van der Waals surface area contributed by atoms with Gasteiger partial charge in [-0.05, 0) is 50.8 Å². The minimum atomic E-state index is -3.30. The van der Waals surface area contributed by atoms with Crippen molar-refractivity contribution < 1.29 is 18.1 Å². The van der Waals surface area contributed by atoms with Gasteiger partial charge < -0.3 is 10.2 Å². The summed E-state index contributed by atoms with van der Waals surface area (Å²) in [4.78, 5) is 14.2. The molecule has 1 aliphatic rings. The van der Waals surface area contributed by atoms with Gasteiger partial charge in [0.05, 0.1) is 24.0 Å². The molecule has 0 spiro atoms. The molecule has 2 atom stereocenters. The van der Waals surface area contributed by atoms with E-state index >= 15 is 0 Å². The third kappa shape index (κ3) is 5.05. The Balaban J connectivity index is 1.88. The van der Waals surface area contributed by atoms with E-state index in [-0.39, 0.29) is 10.8 Å². The largest absolute Gasteiger partial charge is 0.352 e. The SMILES string of the molecule is Cc1ccc(S(C)(=O)=O)cc1C(=O)NCCC[NH+]1CCCC[C@@H]1C. The number of piperidine rings is 1. The fourth-order valence-electron chi connectivity index (χ4n) is 3.31. The zero-order valence-electron chi connectivity index (χ0n) is 14.9. The van der Waals surface area contributed by atoms with Gasteiger partial charge in [-0.3, -0.25) is 4.79 Å². The number of likely N-dealkylation sites (tertiary alicyclic amines) is 1. The number of amides is 1. The molecule has 2 rings (SSSR count). The molecule has 1 aromatic rings. The van der Waals surface area contributed by atoms with Crippen molar-refractivity contribution in [2.75, 3.05) is 25.9 Å². The van der Waals surface area contributed by atoms with Crippen molar-refractivity contribution in [1.29, 1.82) is 0 Å². The molecule has 134 valence electrons. The molecule has 1 heterocycles. The van der Waals surface area contributed by atoms with E-state index in [1.165, 1.54) is 31.9 Å². The third-order valence-corrected chi connectivity index (χ3v) is 6.03. The highest BCUT2D eigenvalue weighted by molar-refractivity contribution is 7.90. The molecule has 24 heavy (non-hydrogen) atoms. The standard InChI is InChI=1S/C18H28N2O3S/c1-14-8-9-16(24(3,22)23)13-17(14)18(21)19-10-6-12-20-11-5-4-7-15(20)2/h8-9,13,15H,4-7,10-12H2,1-3H3,(H,19,21)/p+1/t15-/m0/s1. The van der Waals surface area contributed by atoms with E-state index in [1.807, 2.05) is 6.92 Å². The summed E-state index contributed by atoms with van der Waals surface area (Å²) >= 11 is 0. The summed E-state index contributed by atoms with van der Waals surface area (Å²) in [6, 6.07) is 5.41. The van der Waals surface area contributed by atoms with Gasteiger partial charge >= 0.3 is 0 Å². The molecule has 1 amide bonds. The van der Waals surface area contributed by atoms with E-state index < -0.39 is 9.84 Å². The van der Waals surface area contributed by atoms with Crippen LogP contribution in [-0.4, -0.2) is 46.3 Å². The summed E-state index contributed by atoms with van der Waals surface area (Å²) in [6.45, 7) is 7.04. The molecule has 5 nitrogen and oxygen atoms in total. The quantitative estimate of drug-likeness (QED) is 0.749. The number of hydrogen-bond donors (Lipinski definition) is 2. The summed E-state index contributed by atoms with van der Waals surface area (Å²) < 4.78 is 23.3. The number of sulfone groups is 1. The molecule has 0 radical (unpaired) electrons. The van der Waals surface area contributed by atoms with E-state index in [9.17, 15) is 13.2 Å². The molecule has 1 aliphatic heterocycles. The summed E-state index contributed by atoms with van der Waals surface area (Å²) in [5, 5.41) is 2.93. The van der Waals surface area contributed by atoms with Crippen molar-refractivity contribution in [3.05, 3.63) is 29.3 Å². The molecular weight excluding hydrogens is 324 g/mol. The molecule has 0 saturated carbocycles. The Labute approximate surface area is 145 Å². The Morgan fingerprint density at radius 1 is 1.33 bits per heavy atom. The predicted octanol–water partition coefficient (Wildman–Crippen LogP) is 0.976. The number of nitrogens with one attached hydrogen (secondary N) is 2. The van der Waals surface area contributed by atoms with Gasteiger partial charge in [0.15, 0.2) is 9.84 Å². The molecule has 6 heteroatoms. The summed E-state index contributed by atoms with van der Waals surface area (Å²) in [5.74, 6) is -0.195. The zero-order chi connectivity index (χ0) is 17.7. The maximum atomic E-state index is 12.3. The Hall–Kier alpha value is -1.40. The van der Waals surface area contributed by atoms with Crippen LogP contribution < -0.4 is 10.2 Å². The van der Waals surface area contributed by atoms with Crippen LogP contribution in [0.4, 0.5) is 0 Å². The molecule has 1 aromatic carbocycles. The average Bonchev–Trinajstić information content (AvgIpc) is 2.52. The van der Waals surface area contributed by atoms with E-state index in [1.54, 1.807) is 17.0 Å². The van der Waals surface area contributed by atoms with Crippen LogP contribution >= 0.6 is 0 Å². The van der Waals surface area contributed by atoms with Crippen LogP contribution in [0.5, 0.6) is 0 Å². The maximum Gasteiger partial charge on any atom is 0.251 e. The van der Waals surface area contributed by atoms with Crippen LogP contribution in [0.3, 0.4) is 0 Å². The lowest BCUT2D eigenvalue weighted by Gasteiger charge is -2.30. The van der Waals surface area contributed by atoms with Gasteiger partial charge in [0.2, 0.25) is 0 Å². The molecular formula is C18H29N2O3S+. The van der Waals surface area contributed by atoms with Crippen molar-refractivity contribution in [3.8, 4) is 0 Å². The number of quaternary nitrogens is 1. The molecule has 1 fully saturated rings. The van der Waals surface area contributed by atoms with Crippen molar-refractivity contribution in [1.82, 2.24) is 5.32 Å². The van der Waals surface area contributed by atoms with Gasteiger partial charge in [-0.1, -0.05) is 6.07 Å². The summed E-state index contributed by atoms with van der Waals surface area (Å²) in [6.07, 6.45) is 6.01. The highest BCUT2D eigenvalue weighted by Crippen LogP contribution is 2.15. The Kier molecular flexibility index (Phi) is 6.40. The number of rotatable bonds is 6. The van der Waals surface area contributed by atoms with Crippen LogP contribution in [0, 0.1) is 6.92 Å². The lowest BCUT2D eigenvalue weighted by molar-refractivity contribution is -0.928.